The Kier molecular flexibility index (Phi) is 3.57. The lowest BCUT2D eigenvalue weighted by Gasteiger charge is -2.24. The van der Waals surface area contributed by atoms with Crippen LogP contribution in [0.5, 0.6) is 5.75 Å². The van der Waals surface area contributed by atoms with Gasteiger partial charge in [0.1, 0.15) is 0 Å². The molecule has 0 aromatic carbocycles. The van der Waals surface area contributed by atoms with Crippen molar-refractivity contribution < 1.29 is 4.74 Å². The third kappa shape index (κ3) is 1.92. The second-order valence-corrected chi connectivity index (χ2v) is 4.03. The fraction of sp³-hybridized carbons (Fsp3) is 0.667. The molecule has 14 heavy (non-hydrogen) atoms. The van der Waals surface area contributed by atoms with E-state index in [9.17, 15) is 0 Å². The summed E-state index contributed by atoms with van der Waals surface area (Å²) in [5.41, 5.74) is 5.68. The lowest BCUT2D eigenvalue weighted by atomic mass is 10.2. The van der Waals surface area contributed by atoms with Gasteiger partial charge in [-0.3, -0.25) is 0 Å². The third-order valence-electron chi connectivity index (χ3n) is 2.43. The van der Waals surface area contributed by atoms with E-state index in [1.165, 1.54) is 11.5 Å². The molecule has 0 saturated heterocycles. The van der Waals surface area contributed by atoms with E-state index in [2.05, 4.69) is 23.1 Å². The van der Waals surface area contributed by atoms with Crippen molar-refractivity contribution in [1.29, 1.82) is 0 Å². The minimum Gasteiger partial charge on any atom is -0.490 e. The van der Waals surface area contributed by atoms with Crippen LogP contribution in [0, 0.1) is 0 Å². The van der Waals surface area contributed by atoms with E-state index in [4.69, 9.17) is 10.5 Å². The molecule has 80 valence electrons. The van der Waals surface area contributed by atoms with E-state index in [1.54, 1.807) is 7.11 Å². The maximum absolute atomic E-state index is 5.68. The monoisotopic (exact) mass is 215 g/mol. The number of ether oxygens (including phenoxy) is 1. The van der Waals surface area contributed by atoms with Crippen LogP contribution in [-0.2, 0) is 0 Å². The largest absolute Gasteiger partial charge is 0.490 e. The molecule has 0 fully saturated rings. The van der Waals surface area contributed by atoms with Gasteiger partial charge in [-0.25, -0.2) is 0 Å². The Bertz CT molecular complexity index is 300. The Morgan fingerprint density at radius 1 is 1.64 bits per heavy atom. The van der Waals surface area contributed by atoms with Crippen LogP contribution in [0.1, 0.15) is 20.3 Å². The van der Waals surface area contributed by atoms with E-state index in [0.29, 0.717) is 17.6 Å². The summed E-state index contributed by atoms with van der Waals surface area (Å²) < 4.78 is 9.29. The molecule has 0 aliphatic carbocycles. The number of nitrogen functional groups attached to an aromatic ring is 1. The molecule has 0 aliphatic heterocycles. The number of hydrogen-bond donors (Lipinski definition) is 1. The van der Waals surface area contributed by atoms with Gasteiger partial charge in [0.05, 0.1) is 7.11 Å². The van der Waals surface area contributed by atoms with Gasteiger partial charge in [0.2, 0.25) is 0 Å². The van der Waals surface area contributed by atoms with Gasteiger partial charge in [-0.15, -0.1) is 0 Å². The highest BCUT2D eigenvalue weighted by Crippen LogP contribution is 2.38. The van der Waals surface area contributed by atoms with E-state index < -0.39 is 0 Å². The SMILES string of the molecule is CCC(C)N(C)c1snc(N)c1OC. The molecule has 5 heteroatoms. The van der Waals surface area contributed by atoms with Crippen LogP contribution in [0.25, 0.3) is 0 Å². The van der Waals surface area contributed by atoms with Gasteiger partial charge in [0.25, 0.3) is 0 Å². The van der Waals surface area contributed by atoms with Gasteiger partial charge in [-0.2, -0.15) is 4.37 Å². The summed E-state index contributed by atoms with van der Waals surface area (Å²) in [7, 11) is 3.65. The van der Waals surface area contributed by atoms with Crippen molar-refractivity contribution in [2.75, 3.05) is 24.8 Å². The predicted molar refractivity (Wildman–Crippen MR) is 61.2 cm³/mol. The molecule has 0 spiro atoms. The molecule has 1 atom stereocenters. The summed E-state index contributed by atoms with van der Waals surface area (Å²) in [5.74, 6) is 1.17. The van der Waals surface area contributed by atoms with Crippen molar-refractivity contribution in [2.45, 2.75) is 26.3 Å². The van der Waals surface area contributed by atoms with Gasteiger partial charge in [0.15, 0.2) is 16.6 Å². The topological polar surface area (TPSA) is 51.4 Å². The van der Waals surface area contributed by atoms with Crippen LogP contribution in [0.3, 0.4) is 0 Å². The second kappa shape index (κ2) is 4.50. The highest BCUT2D eigenvalue weighted by Gasteiger charge is 2.18. The summed E-state index contributed by atoms with van der Waals surface area (Å²) in [4.78, 5) is 2.15. The molecule has 1 unspecified atom stereocenters. The predicted octanol–water partition coefficient (Wildman–Crippen LogP) is 1.97. The first-order chi connectivity index (χ1) is 6.61. The van der Waals surface area contributed by atoms with Crippen molar-refractivity contribution in [3.63, 3.8) is 0 Å². The molecule has 1 rings (SSSR count). The highest BCUT2D eigenvalue weighted by atomic mass is 32.1. The number of methoxy groups -OCH3 is 1. The van der Waals surface area contributed by atoms with E-state index in [1.807, 2.05) is 7.05 Å². The first kappa shape index (κ1) is 11.1. The number of nitrogens with two attached hydrogens (primary N) is 1. The van der Waals surface area contributed by atoms with Gasteiger partial charge < -0.3 is 15.4 Å². The molecule has 0 radical (unpaired) electrons. The number of aromatic nitrogens is 1. The molecule has 1 aromatic heterocycles. The highest BCUT2D eigenvalue weighted by molar-refractivity contribution is 7.11. The third-order valence-corrected chi connectivity index (χ3v) is 3.37. The average Bonchev–Trinajstić information content (AvgIpc) is 2.57. The Morgan fingerprint density at radius 3 is 2.79 bits per heavy atom. The van der Waals surface area contributed by atoms with E-state index >= 15 is 0 Å². The van der Waals surface area contributed by atoms with Gasteiger partial charge in [-0.05, 0) is 24.9 Å². The van der Waals surface area contributed by atoms with Crippen molar-refractivity contribution in [3.05, 3.63) is 0 Å². The summed E-state index contributed by atoms with van der Waals surface area (Å²) in [6, 6.07) is 0.462. The zero-order valence-electron chi connectivity index (χ0n) is 9.07. The molecule has 0 aliphatic rings. The lowest BCUT2D eigenvalue weighted by molar-refractivity contribution is 0.417. The fourth-order valence-corrected chi connectivity index (χ4v) is 2.02. The number of anilines is 2. The van der Waals surface area contributed by atoms with Crippen LogP contribution in [0.15, 0.2) is 0 Å². The molecule has 1 heterocycles. The van der Waals surface area contributed by atoms with Crippen molar-refractivity contribution in [2.24, 2.45) is 0 Å². The number of hydrogen-bond acceptors (Lipinski definition) is 5. The van der Waals surface area contributed by atoms with Gasteiger partial charge in [-0.1, -0.05) is 6.92 Å². The standard InChI is InChI=1S/C9H17N3OS/c1-5-6(2)12(3)9-7(13-4)8(10)11-14-9/h6H,5H2,1-4H3,(H2,10,11). The zero-order valence-corrected chi connectivity index (χ0v) is 9.89. The number of rotatable bonds is 4. The quantitative estimate of drug-likeness (QED) is 0.834. The maximum Gasteiger partial charge on any atom is 0.197 e. The Morgan fingerprint density at radius 2 is 2.29 bits per heavy atom. The fourth-order valence-electron chi connectivity index (χ4n) is 1.18. The average molecular weight is 215 g/mol. The van der Waals surface area contributed by atoms with Crippen molar-refractivity contribution >= 4 is 22.4 Å². The summed E-state index contributed by atoms with van der Waals surface area (Å²) in [6.45, 7) is 4.31. The molecule has 1 aromatic rings. The van der Waals surface area contributed by atoms with Crippen molar-refractivity contribution in [1.82, 2.24) is 4.37 Å². The molecule has 4 nitrogen and oxygen atoms in total. The van der Waals surface area contributed by atoms with Crippen LogP contribution in [0.2, 0.25) is 0 Å². The van der Waals surface area contributed by atoms with E-state index in [0.717, 1.165) is 11.4 Å². The van der Waals surface area contributed by atoms with Crippen LogP contribution in [0.4, 0.5) is 10.8 Å². The Labute approximate surface area is 88.8 Å². The first-order valence-corrected chi connectivity index (χ1v) is 5.41. The molecule has 0 saturated carbocycles. The zero-order chi connectivity index (χ0) is 10.7. The second-order valence-electron chi connectivity index (χ2n) is 3.27. The molecular weight excluding hydrogens is 198 g/mol. The minimum absolute atomic E-state index is 0.462. The molecule has 0 amide bonds. The normalized spacial score (nSPS) is 12.6. The van der Waals surface area contributed by atoms with Crippen LogP contribution in [-0.4, -0.2) is 24.6 Å². The first-order valence-electron chi connectivity index (χ1n) is 4.63. The smallest absolute Gasteiger partial charge is 0.197 e. The Hall–Kier alpha value is -0.970. The van der Waals surface area contributed by atoms with Crippen molar-refractivity contribution in [3.8, 4) is 5.75 Å². The number of nitrogens with zero attached hydrogens (tertiary/aromatic N) is 2. The minimum atomic E-state index is 0.462. The molecule has 2 N–H and O–H groups in total. The summed E-state index contributed by atoms with van der Waals surface area (Å²) in [6.07, 6.45) is 1.08. The summed E-state index contributed by atoms with van der Waals surface area (Å²) in [5, 5.41) is 0.999. The molecular formula is C9H17N3OS. The molecule has 0 bridgehead atoms. The summed E-state index contributed by atoms with van der Waals surface area (Å²) >= 11 is 1.38. The van der Waals surface area contributed by atoms with Crippen LogP contribution >= 0.6 is 11.5 Å². The lowest BCUT2D eigenvalue weighted by Crippen LogP contribution is -2.27. The van der Waals surface area contributed by atoms with Gasteiger partial charge in [0, 0.05) is 13.1 Å². The Balaban J connectivity index is 2.94. The maximum atomic E-state index is 5.68. The van der Waals surface area contributed by atoms with Crippen LogP contribution < -0.4 is 15.4 Å². The van der Waals surface area contributed by atoms with E-state index in [-0.39, 0.29) is 0 Å². The van der Waals surface area contributed by atoms with Gasteiger partial charge >= 0.3 is 0 Å².